The molecule has 0 aliphatic carbocycles. The summed E-state index contributed by atoms with van der Waals surface area (Å²) in [5.74, 6) is 0.410. The smallest absolute Gasteiger partial charge is 0.249 e. The number of halogens is 1. The van der Waals surface area contributed by atoms with E-state index < -0.39 is 12.1 Å². The summed E-state index contributed by atoms with van der Waals surface area (Å²) in [4.78, 5) is 22.9. The van der Waals surface area contributed by atoms with Crippen LogP contribution in [0.4, 0.5) is 21.8 Å². The first-order valence-corrected chi connectivity index (χ1v) is 9.92. The molecule has 0 saturated carbocycles. The van der Waals surface area contributed by atoms with Gasteiger partial charge in [0.15, 0.2) is 5.82 Å². The second-order valence-electron chi connectivity index (χ2n) is 7.64. The molecule has 31 heavy (non-hydrogen) atoms. The van der Waals surface area contributed by atoms with Gasteiger partial charge in [-0.1, -0.05) is 12.1 Å². The maximum absolute atomic E-state index is 13.1. The Morgan fingerprint density at radius 3 is 2.71 bits per heavy atom. The summed E-state index contributed by atoms with van der Waals surface area (Å²) >= 11 is 0. The maximum atomic E-state index is 13.1. The number of aromatic nitrogens is 4. The molecule has 1 amide bonds. The van der Waals surface area contributed by atoms with Gasteiger partial charge in [0.2, 0.25) is 11.9 Å². The van der Waals surface area contributed by atoms with Crippen molar-refractivity contribution >= 4 is 23.4 Å². The number of aliphatic hydroxyl groups excluding tert-OH is 1. The number of anilines is 3. The van der Waals surface area contributed by atoms with Crippen molar-refractivity contribution in [1.82, 2.24) is 19.7 Å². The Balaban J connectivity index is 1.46. The quantitative estimate of drug-likeness (QED) is 0.554. The second-order valence-corrected chi connectivity index (χ2v) is 7.64. The van der Waals surface area contributed by atoms with Gasteiger partial charge in [0.05, 0.1) is 24.5 Å². The van der Waals surface area contributed by atoms with Crippen molar-refractivity contribution in [2.45, 2.75) is 39.1 Å². The SMILES string of the molecule is Cc1nc(NCc2cnn(Cc3ccc(F)cc3)c2)nc2c1NC(=O)C([C@H](C)O)N2C. The molecule has 1 aliphatic rings. The summed E-state index contributed by atoms with van der Waals surface area (Å²) in [5.41, 5.74) is 3.06. The first-order valence-electron chi connectivity index (χ1n) is 9.92. The highest BCUT2D eigenvalue weighted by atomic mass is 19.1. The largest absolute Gasteiger partial charge is 0.391 e. The van der Waals surface area contributed by atoms with E-state index in [0.29, 0.717) is 36.2 Å². The lowest BCUT2D eigenvalue weighted by atomic mass is 10.1. The van der Waals surface area contributed by atoms with Gasteiger partial charge in [-0.2, -0.15) is 10.1 Å². The number of nitrogens with one attached hydrogen (secondary N) is 2. The van der Waals surface area contributed by atoms with Gasteiger partial charge in [0.25, 0.3) is 0 Å². The minimum Gasteiger partial charge on any atom is -0.391 e. The summed E-state index contributed by atoms with van der Waals surface area (Å²) in [6, 6.07) is 5.60. The van der Waals surface area contributed by atoms with Gasteiger partial charge in [-0.15, -0.1) is 0 Å². The molecule has 0 bridgehead atoms. The molecule has 0 fully saturated rings. The molecule has 1 unspecified atom stereocenters. The number of rotatable bonds is 6. The molecule has 3 aromatic rings. The molecule has 0 radical (unpaired) electrons. The van der Waals surface area contributed by atoms with Crippen molar-refractivity contribution in [3.63, 3.8) is 0 Å². The minimum atomic E-state index is -0.850. The lowest BCUT2D eigenvalue weighted by Crippen LogP contribution is -2.52. The standard InChI is InChI=1S/C21H24FN7O2/c1-12-17-19(28(3)18(13(2)30)20(31)26-17)27-21(25-12)23-8-15-9-24-29(11-15)10-14-4-6-16(22)7-5-14/h4-7,9,11,13,18,30H,8,10H2,1-3H3,(H,26,31)(H,23,25,27)/t13-,18?/m0/s1. The molecular formula is C21H24FN7O2. The zero-order valence-corrected chi connectivity index (χ0v) is 17.5. The number of benzene rings is 1. The lowest BCUT2D eigenvalue weighted by Gasteiger charge is -2.36. The van der Waals surface area contributed by atoms with Crippen LogP contribution in [0.15, 0.2) is 36.7 Å². The Bertz CT molecular complexity index is 1100. The van der Waals surface area contributed by atoms with Crippen molar-refractivity contribution < 1.29 is 14.3 Å². The average molecular weight is 425 g/mol. The fraction of sp³-hybridized carbons (Fsp3) is 0.333. The van der Waals surface area contributed by atoms with E-state index in [-0.39, 0.29) is 11.7 Å². The van der Waals surface area contributed by atoms with Crippen LogP contribution in [0.5, 0.6) is 0 Å². The van der Waals surface area contributed by atoms with Crippen LogP contribution in [0.2, 0.25) is 0 Å². The Kier molecular flexibility index (Phi) is 5.55. The Morgan fingerprint density at radius 1 is 1.26 bits per heavy atom. The number of amides is 1. The third-order valence-corrected chi connectivity index (χ3v) is 5.19. The van der Waals surface area contributed by atoms with E-state index in [4.69, 9.17) is 0 Å². The van der Waals surface area contributed by atoms with Gasteiger partial charge in [0.1, 0.15) is 17.5 Å². The summed E-state index contributed by atoms with van der Waals surface area (Å²) in [6.07, 6.45) is 2.80. The van der Waals surface area contributed by atoms with Crippen LogP contribution in [-0.4, -0.2) is 50.0 Å². The zero-order chi connectivity index (χ0) is 22.1. The average Bonchev–Trinajstić information content (AvgIpc) is 3.16. The topological polar surface area (TPSA) is 108 Å². The Hall–Kier alpha value is -3.53. The van der Waals surface area contributed by atoms with Gasteiger partial charge in [-0.25, -0.2) is 9.37 Å². The van der Waals surface area contributed by atoms with Crippen LogP contribution < -0.4 is 15.5 Å². The first kappa shape index (κ1) is 20.7. The normalized spacial score (nSPS) is 16.6. The fourth-order valence-electron chi connectivity index (χ4n) is 3.63. The van der Waals surface area contributed by atoms with Gasteiger partial charge < -0.3 is 20.6 Å². The number of carbonyl (C=O) groups is 1. The molecule has 3 heterocycles. The molecule has 2 aromatic heterocycles. The summed E-state index contributed by atoms with van der Waals surface area (Å²) < 4.78 is 14.8. The van der Waals surface area contributed by atoms with Crippen molar-refractivity contribution in [3.8, 4) is 0 Å². The number of fused-ring (bicyclic) bond motifs is 1. The predicted octanol–water partition coefficient (Wildman–Crippen LogP) is 1.92. The Labute approximate surface area is 178 Å². The second kappa shape index (κ2) is 8.31. The van der Waals surface area contributed by atoms with Crippen molar-refractivity contribution in [2.75, 3.05) is 22.6 Å². The minimum absolute atomic E-state index is 0.264. The summed E-state index contributed by atoms with van der Waals surface area (Å²) in [7, 11) is 1.73. The lowest BCUT2D eigenvalue weighted by molar-refractivity contribution is -0.119. The van der Waals surface area contributed by atoms with E-state index >= 15 is 0 Å². The third kappa shape index (κ3) is 4.33. The highest BCUT2D eigenvalue weighted by Gasteiger charge is 2.36. The van der Waals surface area contributed by atoms with Crippen molar-refractivity contribution in [2.24, 2.45) is 0 Å². The molecule has 1 aliphatic heterocycles. The van der Waals surface area contributed by atoms with Crippen molar-refractivity contribution in [3.05, 3.63) is 59.3 Å². The molecule has 9 nitrogen and oxygen atoms in total. The van der Waals surface area contributed by atoms with E-state index in [1.807, 2.05) is 6.20 Å². The highest BCUT2D eigenvalue weighted by molar-refractivity contribution is 6.03. The molecule has 2 atom stereocenters. The molecule has 0 saturated heterocycles. The number of carbonyl (C=O) groups excluding carboxylic acids is 1. The number of aliphatic hydroxyl groups is 1. The van der Waals surface area contributed by atoms with Crippen LogP contribution in [0, 0.1) is 12.7 Å². The first-order chi connectivity index (χ1) is 14.8. The maximum Gasteiger partial charge on any atom is 0.249 e. The summed E-state index contributed by atoms with van der Waals surface area (Å²) in [5, 5.41) is 20.3. The van der Waals surface area contributed by atoms with Gasteiger partial charge in [-0.05, 0) is 31.5 Å². The molecule has 3 N–H and O–H groups in total. The summed E-state index contributed by atoms with van der Waals surface area (Å²) in [6.45, 7) is 4.36. The van der Waals surface area contributed by atoms with E-state index in [1.165, 1.54) is 12.1 Å². The molecule has 162 valence electrons. The van der Waals surface area contributed by atoms with Gasteiger partial charge in [-0.3, -0.25) is 9.48 Å². The molecule has 10 heteroatoms. The van der Waals surface area contributed by atoms with Crippen LogP contribution in [-0.2, 0) is 17.9 Å². The number of likely N-dealkylation sites (N-methyl/N-ethyl adjacent to an activating group) is 1. The van der Waals surface area contributed by atoms with E-state index in [9.17, 15) is 14.3 Å². The van der Waals surface area contributed by atoms with E-state index in [2.05, 4.69) is 25.7 Å². The highest BCUT2D eigenvalue weighted by Crippen LogP contribution is 2.33. The number of hydrogen-bond donors (Lipinski definition) is 3. The van der Waals surface area contributed by atoms with Gasteiger partial charge >= 0.3 is 0 Å². The van der Waals surface area contributed by atoms with Crippen molar-refractivity contribution in [1.29, 1.82) is 0 Å². The monoisotopic (exact) mass is 425 g/mol. The third-order valence-electron chi connectivity index (χ3n) is 5.19. The van der Waals surface area contributed by atoms with Crippen LogP contribution >= 0.6 is 0 Å². The molecular weight excluding hydrogens is 401 g/mol. The fourth-order valence-corrected chi connectivity index (χ4v) is 3.63. The Morgan fingerprint density at radius 2 is 2.00 bits per heavy atom. The number of aryl methyl sites for hydroxylation is 1. The van der Waals surface area contributed by atoms with Crippen LogP contribution in [0.3, 0.4) is 0 Å². The van der Waals surface area contributed by atoms with Gasteiger partial charge in [0, 0.05) is 25.4 Å². The number of nitrogens with zero attached hydrogens (tertiary/aromatic N) is 5. The predicted molar refractivity (Wildman–Crippen MR) is 114 cm³/mol. The van der Waals surface area contributed by atoms with Crippen LogP contribution in [0.1, 0.15) is 23.7 Å². The zero-order valence-electron chi connectivity index (χ0n) is 17.5. The molecule has 0 spiro atoms. The van der Waals surface area contributed by atoms with Crippen LogP contribution in [0.25, 0.3) is 0 Å². The molecule has 1 aromatic carbocycles. The number of hydrogen-bond acceptors (Lipinski definition) is 7. The van der Waals surface area contributed by atoms with E-state index in [0.717, 1.165) is 11.1 Å². The molecule has 4 rings (SSSR count). The van der Waals surface area contributed by atoms with E-state index in [1.54, 1.807) is 48.8 Å².